The molecular weight excluding hydrogens is 316 g/mol. The number of rotatable bonds is 5. The number of nitrogens with zero attached hydrogens (tertiary/aromatic N) is 3. The third kappa shape index (κ3) is 2.88. The summed E-state index contributed by atoms with van der Waals surface area (Å²) >= 11 is 0. The first-order valence-corrected chi connectivity index (χ1v) is 8.41. The standard InChI is InChI=1S/C19H24N4O2/c1-6-23-13(3)15(12(2)21-23)11-20-19(24)17-10-14-16(22(17)4)8-7-9-18(14)25-5/h7-10H,6,11H2,1-5H3,(H,20,24). The Labute approximate surface area is 147 Å². The minimum absolute atomic E-state index is 0.108. The minimum Gasteiger partial charge on any atom is -0.496 e. The van der Waals surface area contributed by atoms with E-state index in [0.717, 1.165) is 40.1 Å². The van der Waals surface area contributed by atoms with E-state index in [9.17, 15) is 4.79 Å². The van der Waals surface area contributed by atoms with Gasteiger partial charge in [-0.2, -0.15) is 5.10 Å². The molecule has 1 aromatic carbocycles. The number of methoxy groups -OCH3 is 1. The second-order valence-corrected chi connectivity index (χ2v) is 6.13. The number of carbonyl (C=O) groups excluding carboxylic acids is 1. The van der Waals surface area contributed by atoms with Gasteiger partial charge in [-0.15, -0.1) is 0 Å². The van der Waals surface area contributed by atoms with Crippen LogP contribution in [0.25, 0.3) is 10.9 Å². The van der Waals surface area contributed by atoms with Gasteiger partial charge in [0.2, 0.25) is 0 Å². The quantitative estimate of drug-likeness (QED) is 0.777. The molecule has 0 aliphatic carbocycles. The van der Waals surface area contributed by atoms with E-state index < -0.39 is 0 Å². The van der Waals surface area contributed by atoms with Crippen LogP contribution in [-0.4, -0.2) is 27.4 Å². The zero-order valence-corrected chi connectivity index (χ0v) is 15.4. The molecular formula is C19H24N4O2. The van der Waals surface area contributed by atoms with Crippen molar-refractivity contribution in [3.63, 3.8) is 0 Å². The van der Waals surface area contributed by atoms with Crippen LogP contribution in [-0.2, 0) is 20.1 Å². The Morgan fingerprint density at radius 2 is 2.08 bits per heavy atom. The van der Waals surface area contributed by atoms with Crippen molar-refractivity contribution in [1.29, 1.82) is 0 Å². The molecule has 6 heteroatoms. The van der Waals surface area contributed by atoms with Gasteiger partial charge in [0, 0.05) is 36.8 Å². The van der Waals surface area contributed by atoms with E-state index in [1.165, 1.54) is 0 Å². The van der Waals surface area contributed by atoms with E-state index >= 15 is 0 Å². The van der Waals surface area contributed by atoms with Gasteiger partial charge in [-0.05, 0) is 39.0 Å². The number of fused-ring (bicyclic) bond motifs is 1. The molecule has 25 heavy (non-hydrogen) atoms. The molecule has 0 bridgehead atoms. The first-order valence-electron chi connectivity index (χ1n) is 8.41. The number of ether oxygens (including phenoxy) is 1. The van der Waals surface area contributed by atoms with Gasteiger partial charge in [-0.1, -0.05) is 6.07 Å². The van der Waals surface area contributed by atoms with Crippen molar-refractivity contribution in [1.82, 2.24) is 19.7 Å². The lowest BCUT2D eigenvalue weighted by molar-refractivity contribution is 0.0943. The largest absolute Gasteiger partial charge is 0.496 e. The average Bonchev–Trinajstić information content (AvgIpc) is 3.09. The van der Waals surface area contributed by atoms with Crippen LogP contribution in [0.2, 0.25) is 0 Å². The highest BCUT2D eigenvalue weighted by molar-refractivity contribution is 6.00. The maximum Gasteiger partial charge on any atom is 0.268 e. The molecule has 0 radical (unpaired) electrons. The van der Waals surface area contributed by atoms with E-state index in [2.05, 4.69) is 17.3 Å². The summed E-state index contributed by atoms with van der Waals surface area (Å²) in [5.41, 5.74) is 4.71. The van der Waals surface area contributed by atoms with E-state index in [1.807, 2.05) is 54.4 Å². The van der Waals surface area contributed by atoms with E-state index in [0.29, 0.717) is 12.2 Å². The monoisotopic (exact) mass is 340 g/mol. The van der Waals surface area contributed by atoms with Crippen LogP contribution in [0.4, 0.5) is 0 Å². The Bertz CT molecular complexity index is 937. The molecule has 0 saturated carbocycles. The van der Waals surface area contributed by atoms with Gasteiger partial charge in [0.1, 0.15) is 11.4 Å². The summed E-state index contributed by atoms with van der Waals surface area (Å²) in [7, 11) is 3.53. The molecule has 0 fully saturated rings. The van der Waals surface area contributed by atoms with Gasteiger partial charge in [0.05, 0.1) is 18.3 Å². The summed E-state index contributed by atoms with van der Waals surface area (Å²) < 4.78 is 9.24. The fourth-order valence-corrected chi connectivity index (χ4v) is 3.29. The van der Waals surface area contributed by atoms with Crippen molar-refractivity contribution in [3.8, 4) is 5.75 Å². The maximum absolute atomic E-state index is 12.7. The highest BCUT2D eigenvalue weighted by Crippen LogP contribution is 2.28. The molecule has 3 aromatic rings. The molecule has 0 spiro atoms. The maximum atomic E-state index is 12.7. The van der Waals surface area contributed by atoms with Crippen molar-refractivity contribution in [2.24, 2.45) is 7.05 Å². The van der Waals surface area contributed by atoms with Crippen molar-refractivity contribution >= 4 is 16.8 Å². The molecule has 132 valence electrons. The van der Waals surface area contributed by atoms with E-state index in [4.69, 9.17) is 4.74 Å². The number of hydrogen-bond acceptors (Lipinski definition) is 3. The Hall–Kier alpha value is -2.76. The Kier molecular flexibility index (Phi) is 4.53. The van der Waals surface area contributed by atoms with Crippen LogP contribution < -0.4 is 10.1 Å². The Balaban J connectivity index is 1.86. The van der Waals surface area contributed by atoms with Gasteiger partial charge in [0.15, 0.2) is 0 Å². The van der Waals surface area contributed by atoms with Crippen LogP contribution in [0.5, 0.6) is 5.75 Å². The molecule has 0 aliphatic heterocycles. The number of amides is 1. The predicted molar refractivity (Wildman–Crippen MR) is 98.0 cm³/mol. The van der Waals surface area contributed by atoms with Gasteiger partial charge < -0.3 is 14.6 Å². The van der Waals surface area contributed by atoms with E-state index in [-0.39, 0.29) is 5.91 Å². The smallest absolute Gasteiger partial charge is 0.268 e. The molecule has 0 saturated heterocycles. The first kappa shape index (κ1) is 17.1. The lowest BCUT2D eigenvalue weighted by Crippen LogP contribution is -2.25. The molecule has 1 amide bonds. The topological polar surface area (TPSA) is 61.1 Å². The molecule has 0 atom stereocenters. The number of hydrogen-bond donors (Lipinski definition) is 1. The first-order chi connectivity index (χ1) is 12.0. The number of aryl methyl sites for hydroxylation is 3. The van der Waals surface area contributed by atoms with Crippen molar-refractivity contribution in [2.45, 2.75) is 33.9 Å². The minimum atomic E-state index is -0.108. The second-order valence-electron chi connectivity index (χ2n) is 6.13. The number of aromatic nitrogens is 3. The van der Waals surface area contributed by atoms with Crippen molar-refractivity contribution in [2.75, 3.05) is 7.11 Å². The average molecular weight is 340 g/mol. The predicted octanol–water partition coefficient (Wildman–Crippen LogP) is 2.95. The van der Waals surface area contributed by atoms with Crippen LogP contribution in [0.1, 0.15) is 34.4 Å². The lowest BCUT2D eigenvalue weighted by atomic mass is 10.2. The van der Waals surface area contributed by atoms with Crippen molar-refractivity contribution < 1.29 is 9.53 Å². The summed E-state index contributed by atoms with van der Waals surface area (Å²) in [6, 6.07) is 7.68. The summed E-state index contributed by atoms with van der Waals surface area (Å²) in [6.45, 7) is 7.36. The highest BCUT2D eigenvalue weighted by atomic mass is 16.5. The highest BCUT2D eigenvalue weighted by Gasteiger charge is 2.17. The Morgan fingerprint density at radius 1 is 1.32 bits per heavy atom. The zero-order valence-electron chi connectivity index (χ0n) is 15.4. The van der Waals surface area contributed by atoms with Crippen LogP contribution >= 0.6 is 0 Å². The number of nitrogens with one attached hydrogen (secondary N) is 1. The van der Waals surface area contributed by atoms with Crippen molar-refractivity contribution in [3.05, 3.63) is 46.9 Å². The van der Waals surface area contributed by atoms with Crippen LogP contribution in [0, 0.1) is 13.8 Å². The summed E-state index contributed by atoms with van der Waals surface area (Å²) in [4.78, 5) is 12.7. The molecule has 3 rings (SSSR count). The van der Waals surface area contributed by atoms with Crippen LogP contribution in [0.3, 0.4) is 0 Å². The molecule has 1 N–H and O–H groups in total. The SMILES string of the molecule is CCn1nc(C)c(CNC(=O)c2cc3c(OC)cccc3n2C)c1C. The molecule has 6 nitrogen and oxygen atoms in total. The lowest BCUT2D eigenvalue weighted by Gasteiger charge is -2.07. The molecule has 2 aromatic heterocycles. The molecule has 0 unspecified atom stereocenters. The third-order valence-corrected chi connectivity index (χ3v) is 4.76. The normalized spacial score (nSPS) is 11.1. The Morgan fingerprint density at radius 3 is 2.72 bits per heavy atom. The van der Waals surface area contributed by atoms with Gasteiger partial charge in [0.25, 0.3) is 5.91 Å². The number of benzene rings is 1. The fraction of sp³-hybridized carbons (Fsp3) is 0.368. The summed E-state index contributed by atoms with van der Waals surface area (Å²) in [5, 5.41) is 8.45. The third-order valence-electron chi connectivity index (χ3n) is 4.76. The van der Waals surface area contributed by atoms with E-state index in [1.54, 1.807) is 7.11 Å². The van der Waals surface area contributed by atoms with Gasteiger partial charge >= 0.3 is 0 Å². The summed E-state index contributed by atoms with van der Waals surface area (Å²) in [6.07, 6.45) is 0. The van der Waals surface area contributed by atoms with Gasteiger partial charge in [-0.3, -0.25) is 9.48 Å². The van der Waals surface area contributed by atoms with Gasteiger partial charge in [-0.25, -0.2) is 0 Å². The summed E-state index contributed by atoms with van der Waals surface area (Å²) in [5.74, 6) is 0.659. The van der Waals surface area contributed by atoms with Crippen LogP contribution in [0.15, 0.2) is 24.3 Å². The number of carbonyl (C=O) groups is 1. The zero-order chi connectivity index (χ0) is 18.1. The molecule has 0 aliphatic rings. The fourth-order valence-electron chi connectivity index (χ4n) is 3.29. The molecule has 2 heterocycles. The second kappa shape index (κ2) is 6.63.